The molecule has 0 unspecified atom stereocenters. The standard InChI is InChI=1S/C8H20OSi2/c1-10(2)7-5-6-8-11(3,4)9-10/h5-8H2,1-4H3. The van der Waals surface area contributed by atoms with Gasteiger partial charge in [-0.05, 0) is 38.3 Å². The van der Waals surface area contributed by atoms with E-state index < -0.39 is 16.6 Å². The van der Waals surface area contributed by atoms with Gasteiger partial charge in [0.15, 0.2) is 16.6 Å². The van der Waals surface area contributed by atoms with Crippen LogP contribution in [0, 0.1) is 0 Å². The third-order valence-corrected chi connectivity index (χ3v) is 9.90. The van der Waals surface area contributed by atoms with E-state index in [4.69, 9.17) is 4.12 Å². The Morgan fingerprint density at radius 1 is 0.818 bits per heavy atom. The minimum atomic E-state index is -1.21. The van der Waals surface area contributed by atoms with Gasteiger partial charge in [0.05, 0.1) is 0 Å². The Morgan fingerprint density at radius 2 is 1.18 bits per heavy atom. The van der Waals surface area contributed by atoms with E-state index in [0.29, 0.717) is 0 Å². The van der Waals surface area contributed by atoms with Crippen LogP contribution in [0.1, 0.15) is 12.8 Å². The molecule has 0 N–H and O–H groups in total. The van der Waals surface area contributed by atoms with Gasteiger partial charge in [-0.15, -0.1) is 0 Å². The molecule has 1 nitrogen and oxygen atoms in total. The van der Waals surface area contributed by atoms with E-state index in [0.717, 1.165) is 0 Å². The first kappa shape index (κ1) is 9.48. The second-order valence-electron chi connectivity index (χ2n) is 4.83. The van der Waals surface area contributed by atoms with Crippen molar-refractivity contribution in [3.8, 4) is 0 Å². The summed E-state index contributed by atoms with van der Waals surface area (Å²) in [5.41, 5.74) is 0. The Morgan fingerprint density at radius 3 is 1.55 bits per heavy atom. The average Bonchev–Trinajstić information content (AvgIpc) is 1.86. The summed E-state index contributed by atoms with van der Waals surface area (Å²) in [6.45, 7) is 9.47. The second-order valence-corrected chi connectivity index (χ2v) is 13.7. The summed E-state index contributed by atoms with van der Waals surface area (Å²) in [7, 11) is -2.43. The van der Waals surface area contributed by atoms with Gasteiger partial charge < -0.3 is 4.12 Å². The van der Waals surface area contributed by atoms with Gasteiger partial charge in [0.2, 0.25) is 0 Å². The summed E-state index contributed by atoms with van der Waals surface area (Å²) in [6, 6.07) is 2.76. The molecule has 1 fully saturated rings. The molecule has 0 spiro atoms. The smallest absolute Gasteiger partial charge is 0.173 e. The maximum atomic E-state index is 6.26. The summed E-state index contributed by atoms with van der Waals surface area (Å²) < 4.78 is 6.26. The van der Waals surface area contributed by atoms with Crippen molar-refractivity contribution in [1.82, 2.24) is 0 Å². The fourth-order valence-corrected chi connectivity index (χ4v) is 11.0. The third kappa shape index (κ3) is 3.09. The number of hydrogen-bond acceptors (Lipinski definition) is 1. The van der Waals surface area contributed by atoms with Crippen LogP contribution in [0.4, 0.5) is 0 Å². The van der Waals surface area contributed by atoms with Crippen molar-refractivity contribution in [2.24, 2.45) is 0 Å². The summed E-state index contributed by atoms with van der Waals surface area (Å²) in [5, 5.41) is 0. The summed E-state index contributed by atoms with van der Waals surface area (Å²) in [4.78, 5) is 0. The largest absolute Gasteiger partial charge is 0.455 e. The number of hydrogen-bond donors (Lipinski definition) is 0. The molecule has 1 saturated heterocycles. The first-order valence-electron chi connectivity index (χ1n) is 4.62. The van der Waals surface area contributed by atoms with Gasteiger partial charge in [0.1, 0.15) is 0 Å². The highest BCUT2D eigenvalue weighted by atomic mass is 28.4. The van der Waals surface area contributed by atoms with Crippen molar-refractivity contribution in [2.75, 3.05) is 0 Å². The first-order valence-corrected chi connectivity index (χ1v) is 10.8. The van der Waals surface area contributed by atoms with E-state index in [1.807, 2.05) is 0 Å². The van der Waals surface area contributed by atoms with E-state index in [2.05, 4.69) is 26.2 Å². The van der Waals surface area contributed by atoms with Crippen LogP contribution in [0.25, 0.3) is 0 Å². The topological polar surface area (TPSA) is 9.23 Å². The molecule has 0 radical (unpaired) electrons. The molecule has 0 aromatic rings. The molecule has 0 aromatic heterocycles. The van der Waals surface area contributed by atoms with Crippen molar-refractivity contribution in [3.63, 3.8) is 0 Å². The minimum Gasteiger partial charge on any atom is -0.455 e. The lowest BCUT2D eigenvalue weighted by atomic mass is 10.4. The molecule has 3 heteroatoms. The first-order chi connectivity index (χ1) is 4.91. The van der Waals surface area contributed by atoms with Gasteiger partial charge >= 0.3 is 0 Å². The Hall–Kier alpha value is 0.394. The number of rotatable bonds is 0. The second kappa shape index (κ2) is 3.03. The van der Waals surface area contributed by atoms with E-state index in [9.17, 15) is 0 Å². The van der Waals surface area contributed by atoms with Crippen LogP contribution in [0.2, 0.25) is 38.3 Å². The van der Waals surface area contributed by atoms with Crippen molar-refractivity contribution < 1.29 is 4.12 Å². The monoisotopic (exact) mass is 188 g/mol. The molecular formula is C8H20OSi2. The Kier molecular flexibility index (Phi) is 2.61. The molecule has 11 heavy (non-hydrogen) atoms. The van der Waals surface area contributed by atoms with Gasteiger partial charge in [-0.1, -0.05) is 12.8 Å². The maximum absolute atomic E-state index is 6.26. The van der Waals surface area contributed by atoms with Crippen LogP contribution >= 0.6 is 0 Å². The highest BCUT2D eigenvalue weighted by Crippen LogP contribution is 2.29. The van der Waals surface area contributed by atoms with Gasteiger partial charge in [-0.3, -0.25) is 0 Å². The summed E-state index contributed by atoms with van der Waals surface area (Å²) in [5.74, 6) is 0. The molecule has 0 aromatic carbocycles. The predicted octanol–water partition coefficient (Wildman–Crippen LogP) is 3.21. The van der Waals surface area contributed by atoms with Crippen LogP contribution in [0.3, 0.4) is 0 Å². The lowest BCUT2D eigenvalue weighted by Crippen LogP contribution is -2.42. The van der Waals surface area contributed by atoms with Gasteiger partial charge in [-0.25, -0.2) is 0 Å². The van der Waals surface area contributed by atoms with Crippen LogP contribution in [0.5, 0.6) is 0 Å². The van der Waals surface area contributed by atoms with Gasteiger partial charge in [-0.2, -0.15) is 0 Å². The molecule has 66 valence electrons. The lowest BCUT2D eigenvalue weighted by molar-refractivity contribution is 0.549. The fourth-order valence-electron chi connectivity index (χ4n) is 1.95. The van der Waals surface area contributed by atoms with Crippen LogP contribution in [-0.4, -0.2) is 16.6 Å². The zero-order chi connectivity index (χ0) is 8.54. The molecule has 0 atom stereocenters. The van der Waals surface area contributed by atoms with Crippen LogP contribution in [-0.2, 0) is 4.12 Å². The van der Waals surface area contributed by atoms with Crippen molar-refractivity contribution in [1.29, 1.82) is 0 Å². The third-order valence-electron chi connectivity index (χ3n) is 2.36. The zero-order valence-electron chi connectivity index (χ0n) is 8.24. The maximum Gasteiger partial charge on any atom is 0.173 e. The molecule has 0 saturated carbocycles. The van der Waals surface area contributed by atoms with Crippen LogP contribution in [0.15, 0.2) is 0 Å². The highest BCUT2D eigenvalue weighted by molar-refractivity contribution is 6.85. The Bertz CT molecular complexity index is 127. The van der Waals surface area contributed by atoms with Crippen molar-refractivity contribution in [2.45, 2.75) is 51.1 Å². The van der Waals surface area contributed by atoms with Crippen molar-refractivity contribution in [3.05, 3.63) is 0 Å². The van der Waals surface area contributed by atoms with E-state index in [1.165, 1.54) is 24.9 Å². The predicted molar refractivity (Wildman–Crippen MR) is 54.9 cm³/mol. The fraction of sp³-hybridized carbons (Fsp3) is 1.00. The SMILES string of the molecule is C[Si]1(C)CCCC[Si](C)(C)O1. The van der Waals surface area contributed by atoms with E-state index >= 15 is 0 Å². The lowest BCUT2D eigenvalue weighted by Gasteiger charge is -2.30. The summed E-state index contributed by atoms with van der Waals surface area (Å²) in [6.07, 6.45) is 2.82. The normalized spacial score (nSPS) is 29.5. The quantitative estimate of drug-likeness (QED) is 0.531. The Labute approximate surface area is 72.4 Å². The van der Waals surface area contributed by atoms with Gasteiger partial charge in [0, 0.05) is 0 Å². The zero-order valence-corrected chi connectivity index (χ0v) is 10.2. The van der Waals surface area contributed by atoms with E-state index in [1.54, 1.807) is 0 Å². The highest BCUT2D eigenvalue weighted by Gasteiger charge is 2.34. The molecule has 1 heterocycles. The Balaban J connectivity index is 2.62. The molecular weight excluding hydrogens is 168 g/mol. The molecule has 0 bridgehead atoms. The molecule has 1 aliphatic heterocycles. The average molecular weight is 188 g/mol. The molecule has 1 aliphatic rings. The van der Waals surface area contributed by atoms with Gasteiger partial charge in [0.25, 0.3) is 0 Å². The summed E-state index contributed by atoms with van der Waals surface area (Å²) >= 11 is 0. The molecule has 1 rings (SSSR count). The van der Waals surface area contributed by atoms with Crippen LogP contribution < -0.4 is 0 Å². The minimum absolute atomic E-state index is 1.21. The van der Waals surface area contributed by atoms with E-state index in [-0.39, 0.29) is 0 Å². The molecule has 0 amide bonds. The molecule has 0 aliphatic carbocycles. The van der Waals surface area contributed by atoms with Crippen molar-refractivity contribution >= 4 is 16.6 Å².